The van der Waals surface area contributed by atoms with E-state index in [4.69, 9.17) is 21.6 Å². The van der Waals surface area contributed by atoms with Crippen LogP contribution in [0.4, 0.5) is 0 Å². The molecule has 5 heterocycles. The van der Waals surface area contributed by atoms with Gasteiger partial charge in [0.15, 0.2) is 0 Å². The monoisotopic (exact) mass is 418 g/mol. The Labute approximate surface area is 184 Å². The van der Waals surface area contributed by atoms with Gasteiger partial charge in [0, 0.05) is 10.6 Å². The summed E-state index contributed by atoms with van der Waals surface area (Å²) < 4.78 is 0. The lowest BCUT2D eigenvalue weighted by Crippen LogP contribution is -2.00. The minimum Gasteiger partial charge on any atom is -0.249 e. The highest BCUT2D eigenvalue weighted by Gasteiger charge is 2.19. The molecular formula is C26H15ClN4. The minimum absolute atomic E-state index is 0.694. The molecule has 8 bridgehead atoms. The number of fused-ring (bicyclic) bond motifs is 4. The number of rotatable bonds is 1. The highest BCUT2D eigenvalue weighted by Crippen LogP contribution is 2.30. The number of hydrogen-bond acceptors (Lipinski definition) is 4. The zero-order valence-electron chi connectivity index (χ0n) is 16.3. The summed E-state index contributed by atoms with van der Waals surface area (Å²) >= 11 is 6.13. The zero-order chi connectivity index (χ0) is 20.8. The molecular weight excluding hydrogens is 404 g/mol. The first kappa shape index (κ1) is 17.9. The van der Waals surface area contributed by atoms with Crippen molar-refractivity contribution >= 4 is 40.0 Å². The smallest absolute Gasteiger partial charge is 0.0737 e. The summed E-state index contributed by atoms with van der Waals surface area (Å²) in [5.41, 5.74) is 8.87. The lowest BCUT2D eigenvalue weighted by Gasteiger charge is -2.09. The van der Waals surface area contributed by atoms with Crippen LogP contribution in [-0.2, 0) is 0 Å². The second-order valence-electron chi connectivity index (χ2n) is 7.42. The lowest BCUT2D eigenvalue weighted by atomic mass is 9.99. The molecule has 0 unspecified atom stereocenters. The van der Waals surface area contributed by atoms with Gasteiger partial charge in [-0.3, -0.25) is 0 Å². The lowest BCUT2D eigenvalue weighted by molar-refractivity contribution is 1.41. The third-order valence-electron chi connectivity index (χ3n) is 5.22. The molecule has 5 heteroatoms. The fraction of sp³-hybridized carbons (Fsp3) is 0. The summed E-state index contributed by atoms with van der Waals surface area (Å²) in [4.78, 5) is 19.1. The van der Waals surface area contributed by atoms with Crippen molar-refractivity contribution in [1.82, 2.24) is 0 Å². The van der Waals surface area contributed by atoms with Crippen molar-refractivity contribution < 1.29 is 0 Å². The van der Waals surface area contributed by atoms with Crippen molar-refractivity contribution in [3.63, 3.8) is 0 Å². The molecule has 146 valence electrons. The highest BCUT2D eigenvalue weighted by molar-refractivity contribution is 6.33. The molecule has 0 atom stereocenters. The first-order valence-corrected chi connectivity index (χ1v) is 10.3. The first-order valence-electron chi connectivity index (χ1n) is 9.92. The fourth-order valence-electron chi connectivity index (χ4n) is 3.80. The Morgan fingerprint density at radius 3 is 1.74 bits per heavy atom. The van der Waals surface area contributed by atoms with Gasteiger partial charge in [0.1, 0.15) is 0 Å². The molecule has 0 N–H and O–H groups in total. The van der Waals surface area contributed by atoms with E-state index in [1.165, 1.54) is 0 Å². The van der Waals surface area contributed by atoms with Crippen LogP contribution in [0.25, 0.3) is 5.57 Å². The van der Waals surface area contributed by atoms with Crippen LogP contribution < -0.4 is 0 Å². The van der Waals surface area contributed by atoms with Crippen molar-refractivity contribution in [3.8, 4) is 0 Å². The van der Waals surface area contributed by atoms with E-state index in [0.717, 1.165) is 56.8 Å². The second-order valence-corrected chi connectivity index (χ2v) is 7.85. The van der Waals surface area contributed by atoms with Gasteiger partial charge in [-0.15, -0.1) is 0 Å². The number of benzene rings is 1. The maximum atomic E-state index is 6.13. The first-order chi connectivity index (χ1) is 15.2. The molecule has 1 aromatic rings. The Balaban J connectivity index is 1.56. The van der Waals surface area contributed by atoms with Crippen LogP contribution in [0.1, 0.15) is 5.56 Å². The Hall–Kier alpha value is -3.89. The highest BCUT2D eigenvalue weighted by atomic mass is 35.5. The van der Waals surface area contributed by atoms with Crippen LogP contribution in [0.2, 0.25) is 5.02 Å². The molecule has 0 aliphatic carbocycles. The van der Waals surface area contributed by atoms with Crippen molar-refractivity contribution in [3.05, 3.63) is 124 Å². The quantitative estimate of drug-likeness (QED) is 0.556. The van der Waals surface area contributed by atoms with Gasteiger partial charge in [0.25, 0.3) is 0 Å². The van der Waals surface area contributed by atoms with Gasteiger partial charge in [-0.05, 0) is 84.5 Å². The van der Waals surface area contributed by atoms with Crippen LogP contribution in [0.15, 0.2) is 134 Å². The number of hydrogen-bond donors (Lipinski definition) is 0. The summed E-state index contributed by atoms with van der Waals surface area (Å²) in [5.74, 6) is 0. The van der Waals surface area contributed by atoms with Gasteiger partial charge >= 0.3 is 0 Å². The molecule has 5 aliphatic heterocycles. The Morgan fingerprint density at radius 2 is 1.06 bits per heavy atom. The molecule has 4 nitrogen and oxygen atoms in total. The molecule has 5 aliphatic rings. The van der Waals surface area contributed by atoms with Crippen LogP contribution in [-0.4, -0.2) is 22.8 Å². The van der Waals surface area contributed by atoms with E-state index in [2.05, 4.69) is 9.98 Å². The van der Waals surface area contributed by atoms with Gasteiger partial charge in [-0.2, -0.15) is 0 Å². The van der Waals surface area contributed by atoms with E-state index in [-0.39, 0.29) is 0 Å². The van der Waals surface area contributed by atoms with Crippen molar-refractivity contribution in [2.24, 2.45) is 20.0 Å². The number of allylic oxidation sites excluding steroid dienone is 12. The third-order valence-corrected chi connectivity index (χ3v) is 5.47. The summed E-state index contributed by atoms with van der Waals surface area (Å²) in [7, 11) is 0. The second kappa shape index (κ2) is 7.11. The third kappa shape index (κ3) is 3.47. The van der Waals surface area contributed by atoms with Gasteiger partial charge in [0.2, 0.25) is 0 Å². The molecule has 0 saturated heterocycles. The maximum absolute atomic E-state index is 6.13. The van der Waals surface area contributed by atoms with Gasteiger partial charge in [-0.1, -0.05) is 23.7 Å². The van der Waals surface area contributed by atoms with Crippen molar-refractivity contribution in [1.29, 1.82) is 0 Å². The average molecular weight is 419 g/mol. The van der Waals surface area contributed by atoms with Gasteiger partial charge in [-0.25, -0.2) is 20.0 Å². The topological polar surface area (TPSA) is 49.4 Å². The normalized spacial score (nSPS) is 20.5. The molecule has 0 spiro atoms. The van der Waals surface area contributed by atoms with Crippen LogP contribution in [0.5, 0.6) is 0 Å². The Bertz CT molecular complexity index is 1400. The number of halogens is 1. The van der Waals surface area contributed by atoms with E-state index < -0.39 is 0 Å². The minimum atomic E-state index is 0.694. The number of nitrogens with zero attached hydrogens (tertiary/aromatic N) is 4. The predicted octanol–water partition coefficient (Wildman–Crippen LogP) is 5.76. The summed E-state index contributed by atoms with van der Waals surface area (Å²) in [6.45, 7) is 0. The summed E-state index contributed by atoms with van der Waals surface area (Å²) in [6.07, 6.45) is 21.9. The molecule has 0 amide bonds. The van der Waals surface area contributed by atoms with E-state index >= 15 is 0 Å². The number of aliphatic imine (C=N–C) groups is 4. The van der Waals surface area contributed by atoms with Crippen molar-refractivity contribution in [2.45, 2.75) is 0 Å². The van der Waals surface area contributed by atoms with Crippen LogP contribution in [0.3, 0.4) is 0 Å². The molecule has 31 heavy (non-hydrogen) atoms. The molecule has 6 rings (SSSR count). The molecule has 0 saturated carbocycles. The predicted molar refractivity (Wildman–Crippen MR) is 129 cm³/mol. The van der Waals surface area contributed by atoms with Crippen molar-refractivity contribution in [2.75, 3.05) is 0 Å². The van der Waals surface area contributed by atoms with E-state index in [1.807, 2.05) is 91.1 Å². The average Bonchev–Trinajstić information content (AvgIpc) is 3.55. The largest absolute Gasteiger partial charge is 0.249 e. The van der Waals surface area contributed by atoms with Gasteiger partial charge in [0.05, 0.1) is 45.6 Å². The zero-order valence-corrected chi connectivity index (χ0v) is 17.1. The van der Waals surface area contributed by atoms with E-state index in [9.17, 15) is 0 Å². The van der Waals surface area contributed by atoms with E-state index in [1.54, 1.807) is 0 Å². The van der Waals surface area contributed by atoms with Gasteiger partial charge < -0.3 is 0 Å². The molecule has 0 fully saturated rings. The fourth-order valence-corrected chi connectivity index (χ4v) is 3.93. The summed E-state index contributed by atoms with van der Waals surface area (Å²) in [6, 6.07) is 7.77. The molecule has 0 radical (unpaired) electrons. The SMILES string of the molecule is Clc1ccc(C2=C3C=CC(=N3)C=C3C=CC(=N3)C=C3C=CC(=N3)C=C3C=CC2=N3)cc1. The van der Waals surface area contributed by atoms with Crippen LogP contribution >= 0.6 is 11.6 Å². The molecule has 1 aromatic carbocycles. The maximum Gasteiger partial charge on any atom is 0.0737 e. The molecule has 0 aromatic heterocycles. The van der Waals surface area contributed by atoms with Crippen LogP contribution in [0, 0.1) is 0 Å². The Kier molecular flexibility index (Phi) is 4.11. The summed E-state index contributed by atoms with van der Waals surface area (Å²) in [5, 5.41) is 0.694. The van der Waals surface area contributed by atoms with E-state index in [0.29, 0.717) is 5.02 Å². The Morgan fingerprint density at radius 1 is 0.516 bits per heavy atom. The standard InChI is InChI=1S/C26H15ClN4/c27-17-3-1-16(2-4-17)26-24-11-9-22(30-24)14-20-7-5-18(28-20)13-19-6-8-21(29-19)15-23-10-12-25(26)31-23/h1-15H.